The second-order valence-electron chi connectivity index (χ2n) is 3.58. The van der Waals surface area contributed by atoms with E-state index in [0.717, 1.165) is 39.3 Å². The molecule has 2 N–H and O–H groups in total. The molecule has 78 valence electrons. The fourth-order valence-electron chi connectivity index (χ4n) is 1.68. The Morgan fingerprint density at radius 2 is 2.21 bits per heavy atom. The summed E-state index contributed by atoms with van der Waals surface area (Å²) in [6, 6.07) is 0. The molecule has 0 radical (unpaired) electrons. The van der Waals surface area contributed by atoms with Crippen LogP contribution in [0.5, 0.6) is 0 Å². The Hall–Kier alpha value is -0.580. The number of nitrogens with zero attached hydrogens (tertiary/aromatic N) is 2. The predicted octanol–water partition coefficient (Wildman–Crippen LogP) is -0.0265. The Bertz CT molecular complexity index is 256. The summed E-state index contributed by atoms with van der Waals surface area (Å²) < 4.78 is 0. The standard InChI is InChI=1S/C9H15ClN4/c10-9-12-5-8(6-13-9)7-14-3-1-11-2-4-14/h5,11H,1-4,6-7H2,(H,12,13). The van der Waals surface area contributed by atoms with Crippen LogP contribution in [0, 0.1) is 0 Å². The van der Waals surface area contributed by atoms with Gasteiger partial charge in [0.05, 0.1) is 6.54 Å². The molecule has 0 aliphatic carbocycles. The monoisotopic (exact) mass is 214 g/mol. The van der Waals surface area contributed by atoms with Crippen LogP contribution >= 0.6 is 11.6 Å². The van der Waals surface area contributed by atoms with Crippen molar-refractivity contribution in [2.75, 3.05) is 39.3 Å². The highest BCUT2D eigenvalue weighted by molar-refractivity contribution is 6.64. The number of rotatable bonds is 2. The first-order chi connectivity index (χ1) is 6.84. The van der Waals surface area contributed by atoms with E-state index < -0.39 is 0 Å². The fraction of sp³-hybridized carbons (Fsp3) is 0.667. The highest BCUT2D eigenvalue weighted by atomic mass is 35.5. The molecule has 0 atom stereocenters. The molecule has 0 unspecified atom stereocenters. The second-order valence-corrected chi connectivity index (χ2v) is 3.94. The lowest BCUT2D eigenvalue weighted by Gasteiger charge is -2.28. The van der Waals surface area contributed by atoms with Crippen molar-refractivity contribution in [1.29, 1.82) is 0 Å². The van der Waals surface area contributed by atoms with E-state index in [1.165, 1.54) is 5.57 Å². The summed E-state index contributed by atoms with van der Waals surface area (Å²) >= 11 is 5.70. The number of amidine groups is 1. The molecule has 2 heterocycles. The Balaban J connectivity index is 1.80. The van der Waals surface area contributed by atoms with E-state index in [1.54, 1.807) is 0 Å². The van der Waals surface area contributed by atoms with Gasteiger partial charge in [0.2, 0.25) is 0 Å². The molecule has 0 saturated carbocycles. The summed E-state index contributed by atoms with van der Waals surface area (Å²) in [5, 5.41) is 6.76. The van der Waals surface area contributed by atoms with Crippen molar-refractivity contribution in [1.82, 2.24) is 15.5 Å². The van der Waals surface area contributed by atoms with Gasteiger partial charge in [-0.2, -0.15) is 0 Å². The van der Waals surface area contributed by atoms with Crippen LogP contribution in [0.1, 0.15) is 0 Å². The third-order valence-corrected chi connectivity index (χ3v) is 2.68. The minimum absolute atomic E-state index is 0.495. The second kappa shape index (κ2) is 4.77. The smallest absolute Gasteiger partial charge is 0.195 e. The van der Waals surface area contributed by atoms with Gasteiger partial charge in [0, 0.05) is 38.9 Å². The van der Waals surface area contributed by atoms with Gasteiger partial charge in [0.15, 0.2) is 5.29 Å². The summed E-state index contributed by atoms with van der Waals surface area (Å²) in [6.45, 7) is 6.15. The van der Waals surface area contributed by atoms with E-state index in [-0.39, 0.29) is 0 Å². The molecule has 0 aromatic carbocycles. The molecular formula is C9H15ClN4. The maximum absolute atomic E-state index is 5.70. The number of aliphatic imine (C=N–C) groups is 1. The summed E-state index contributed by atoms with van der Waals surface area (Å²) in [5.41, 5.74) is 1.30. The highest BCUT2D eigenvalue weighted by Crippen LogP contribution is 2.04. The number of halogens is 1. The van der Waals surface area contributed by atoms with Crippen molar-refractivity contribution in [3.8, 4) is 0 Å². The third kappa shape index (κ3) is 2.70. The van der Waals surface area contributed by atoms with Crippen molar-refractivity contribution in [2.24, 2.45) is 4.99 Å². The predicted molar refractivity (Wildman–Crippen MR) is 58.7 cm³/mol. The SMILES string of the molecule is ClC1=NCC(CN2CCNCC2)=CN1. The first-order valence-corrected chi connectivity index (χ1v) is 5.30. The number of hydrogen-bond acceptors (Lipinski definition) is 4. The van der Waals surface area contributed by atoms with Crippen LogP contribution in [0.4, 0.5) is 0 Å². The fourth-order valence-corrected chi connectivity index (χ4v) is 1.79. The molecule has 2 rings (SSSR count). The van der Waals surface area contributed by atoms with Crippen LogP contribution in [0.15, 0.2) is 16.8 Å². The zero-order valence-corrected chi connectivity index (χ0v) is 8.85. The van der Waals surface area contributed by atoms with Gasteiger partial charge in [-0.05, 0) is 17.2 Å². The summed E-state index contributed by atoms with van der Waals surface area (Å²) in [4.78, 5) is 6.57. The van der Waals surface area contributed by atoms with Gasteiger partial charge in [-0.15, -0.1) is 0 Å². The summed E-state index contributed by atoms with van der Waals surface area (Å²) in [6.07, 6.45) is 1.97. The summed E-state index contributed by atoms with van der Waals surface area (Å²) in [7, 11) is 0. The zero-order chi connectivity index (χ0) is 9.80. The van der Waals surface area contributed by atoms with Crippen molar-refractivity contribution in [2.45, 2.75) is 0 Å². The number of piperazine rings is 1. The third-order valence-electron chi connectivity index (χ3n) is 2.45. The first kappa shape index (κ1) is 9.96. The molecule has 1 fully saturated rings. The van der Waals surface area contributed by atoms with Crippen LogP contribution < -0.4 is 10.6 Å². The number of nitrogens with one attached hydrogen (secondary N) is 2. The molecular weight excluding hydrogens is 200 g/mol. The Morgan fingerprint density at radius 1 is 1.43 bits per heavy atom. The molecule has 4 nitrogen and oxygen atoms in total. The van der Waals surface area contributed by atoms with Gasteiger partial charge in [-0.3, -0.25) is 9.89 Å². The number of hydrogen-bond donors (Lipinski definition) is 2. The Labute approximate surface area is 89.0 Å². The zero-order valence-electron chi connectivity index (χ0n) is 8.09. The average Bonchev–Trinajstić information content (AvgIpc) is 2.23. The van der Waals surface area contributed by atoms with E-state index in [9.17, 15) is 0 Å². The Morgan fingerprint density at radius 3 is 2.86 bits per heavy atom. The van der Waals surface area contributed by atoms with Crippen LogP contribution in [0.25, 0.3) is 0 Å². The van der Waals surface area contributed by atoms with Gasteiger partial charge in [0.25, 0.3) is 0 Å². The molecule has 0 aromatic rings. The summed E-state index contributed by atoms with van der Waals surface area (Å²) in [5.74, 6) is 0. The topological polar surface area (TPSA) is 39.7 Å². The van der Waals surface area contributed by atoms with E-state index in [1.807, 2.05) is 6.20 Å². The van der Waals surface area contributed by atoms with Gasteiger partial charge in [0.1, 0.15) is 0 Å². The lowest BCUT2D eigenvalue weighted by atomic mass is 10.2. The normalized spacial score (nSPS) is 23.8. The molecule has 1 saturated heterocycles. The molecule has 2 aliphatic rings. The van der Waals surface area contributed by atoms with E-state index >= 15 is 0 Å². The van der Waals surface area contributed by atoms with Crippen LogP contribution in [-0.2, 0) is 0 Å². The minimum Gasteiger partial charge on any atom is -0.337 e. The van der Waals surface area contributed by atoms with E-state index in [2.05, 4.69) is 20.5 Å². The maximum Gasteiger partial charge on any atom is 0.195 e. The molecule has 0 amide bonds. The quantitative estimate of drug-likeness (QED) is 0.635. The Kier molecular flexibility index (Phi) is 3.39. The highest BCUT2D eigenvalue weighted by Gasteiger charge is 2.12. The molecule has 14 heavy (non-hydrogen) atoms. The van der Waals surface area contributed by atoms with Crippen LogP contribution in [0.2, 0.25) is 0 Å². The molecule has 0 spiro atoms. The largest absolute Gasteiger partial charge is 0.337 e. The first-order valence-electron chi connectivity index (χ1n) is 4.92. The van der Waals surface area contributed by atoms with Gasteiger partial charge in [-0.25, -0.2) is 0 Å². The average molecular weight is 215 g/mol. The molecule has 0 aromatic heterocycles. The maximum atomic E-state index is 5.70. The van der Waals surface area contributed by atoms with Gasteiger partial charge < -0.3 is 10.6 Å². The van der Waals surface area contributed by atoms with Crippen molar-refractivity contribution >= 4 is 16.9 Å². The molecule has 2 aliphatic heterocycles. The molecule has 0 bridgehead atoms. The lowest BCUT2D eigenvalue weighted by Crippen LogP contribution is -2.44. The van der Waals surface area contributed by atoms with Crippen LogP contribution in [0.3, 0.4) is 0 Å². The lowest BCUT2D eigenvalue weighted by molar-refractivity contribution is 0.258. The van der Waals surface area contributed by atoms with Crippen molar-refractivity contribution < 1.29 is 0 Å². The van der Waals surface area contributed by atoms with Crippen LogP contribution in [-0.4, -0.2) is 49.5 Å². The van der Waals surface area contributed by atoms with Crippen molar-refractivity contribution in [3.63, 3.8) is 0 Å². The molecule has 5 heteroatoms. The van der Waals surface area contributed by atoms with Gasteiger partial charge >= 0.3 is 0 Å². The van der Waals surface area contributed by atoms with Gasteiger partial charge in [-0.1, -0.05) is 0 Å². The van der Waals surface area contributed by atoms with Crippen molar-refractivity contribution in [3.05, 3.63) is 11.8 Å². The van der Waals surface area contributed by atoms with E-state index in [0.29, 0.717) is 5.29 Å². The van der Waals surface area contributed by atoms with E-state index in [4.69, 9.17) is 11.6 Å². The minimum atomic E-state index is 0.495.